The zero-order valence-electron chi connectivity index (χ0n) is 19.7. The van der Waals surface area contributed by atoms with Gasteiger partial charge in [-0.3, -0.25) is 0 Å². The molecule has 7 nitrogen and oxygen atoms in total. The van der Waals surface area contributed by atoms with Gasteiger partial charge in [-0.15, -0.1) is 0 Å². The van der Waals surface area contributed by atoms with Crippen LogP contribution >= 0.6 is 0 Å². The molecule has 5 rings (SSSR count). The Labute approximate surface area is 197 Å². The molecule has 3 saturated heterocycles. The molecular formula is C23H33F2N5O2Sn. The van der Waals surface area contributed by atoms with Gasteiger partial charge in [-0.1, -0.05) is 0 Å². The van der Waals surface area contributed by atoms with Crippen LogP contribution in [0.1, 0.15) is 25.7 Å². The second-order valence-electron chi connectivity index (χ2n) is 10.6. The SMILES string of the molecule is [CH3][Sn]([CH3])([CH3])[c]1ncc2c(N3CCCOCC3)nc(OC[C@@]34CCCN3C[C@H](F)C4)nc2c1F. The van der Waals surface area contributed by atoms with E-state index >= 15 is 4.39 Å². The molecule has 0 unspecified atom stereocenters. The molecule has 0 aliphatic carbocycles. The van der Waals surface area contributed by atoms with Gasteiger partial charge < -0.3 is 0 Å². The van der Waals surface area contributed by atoms with Gasteiger partial charge in [-0.25, -0.2) is 0 Å². The van der Waals surface area contributed by atoms with Crippen molar-refractivity contribution in [2.45, 2.75) is 52.2 Å². The molecule has 2 aromatic heterocycles. The van der Waals surface area contributed by atoms with Crippen molar-refractivity contribution >= 4 is 38.8 Å². The monoisotopic (exact) mass is 569 g/mol. The topological polar surface area (TPSA) is 63.6 Å². The van der Waals surface area contributed by atoms with Crippen molar-refractivity contribution in [3.05, 3.63) is 12.0 Å². The van der Waals surface area contributed by atoms with E-state index in [1.165, 1.54) is 0 Å². The number of rotatable bonds is 5. The van der Waals surface area contributed by atoms with Crippen LogP contribution in [0.25, 0.3) is 10.9 Å². The molecule has 0 bridgehead atoms. The molecule has 3 fully saturated rings. The number of pyridine rings is 1. The van der Waals surface area contributed by atoms with Gasteiger partial charge in [0.2, 0.25) is 0 Å². The molecule has 0 aromatic carbocycles. The molecule has 0 N–H and O–H groups in total. The number of anilines is 1. The first kappa shape index (κ1) is 23.4. The van der Waals surface area contributed by atoms with E-state index in [1.54, 1.807) is 6.20 Å². The minimum atomic E-state index is -2.80. The molecule has 0 spiro atoms. The van der Waals surface area contributed by atoms with Crippen molar-refractivity contribution in [2.24, 2.45) is 0 Å². The van der Waals surface area contributed by atoms with Gasteiger partial charge in [0.05, 0.1) is 0 Å². The average molecular weight is 568 g/mol. The molecule has 2 atom stereocenters. The minimum absolute atomic E-state index is 0.159. The maximum absolute atomic E-state index is 15.7. The van der Waals surface area contributed by atoms with Gasteiger partial charge in [-0.2, -0.15) is 0 Å². The molecule has 0 amide bonds. The Bertz CT molecular complexity index is 1030. The van der Waals surface area contributed by atoms with E-state index in [2.05, 4.69) is 34.6 Å². The molecule has 0 saturated carbocycles. The van der Waals surface area contributed by atoms with Crippen molar-refractivity contribution in [3.8, 4) is 6.01 Å². The summed E-state index contributed by atoms with van der Waals surface area (Å²) in [4.78, 5) is 24.5. The summed E-state index contributed by atoms with van der Waals surface area (Å²) in [6, 6.07) is 0.159. The molecule has 0 radical (unpaired) electrons. The number of alkyl halides is 1. The van der Waals surface area contributed by atoms with Crippen molar-refractivity contribution in [3.63, 3.8) is 0 Å². The summed E-state index contributed by atoms with van der Waals surface area (Å²) < 4.78 is 42.2. The summed E-state index contributed by atoms with van der Waals surface area (Å²) in [5.41, 5.74) is -0.0367. The van der Waals surface area contributed by atoms with Gasteiger partial charge >= 0.3 is 198 Å². The first-order valence-electron chi connectivity index (χ1n) is 12.0. The van der Waals surface area contributed by atoms with Gasteiger partial charge in [0.15, 0.2) is 0 Å². The molecule has 5 heterocycles. The molecule has 3 aliphatic heterocycles. The predicted octanol–water partition coefficient (Wildman–Crippen LogP) is 2.89. The van der Waals surface area contributed by atoms with Crippen LogP contribution in [0, 0.1) is 5.82 Å². The van der Waals surface area contributed by atoms with Crippen LogP contribution < -0.4 is 13.3 Å². The van der Waals surface area contributed by atoms with E-state index in [9.17, 15) is 4.39 Å². The number of fused-ring (bicyclic) bond motifs is 2. The summed E-state index contributed by atoms with van der Waals surface area (Å²) in [6.07, 6.45) is 4.17. The van der Waals surface area contributed by atoms with E-state index in [-0.39, 0.29) is 22.9 Å². The van der Waals surface area contributed by atoms with Crippen LogP contribution in [-0.4, -0.2) is 95.9 Å². The molecule has 3 aliphatic rings. The number of aromatic nitrogens is 3. The van der Waals surface area contributed by atoms with Crippen LogP contribution in [0.15, 0.2) is 6.20 Å². The van der Waals surface area contributed by atoms with E-state index in [1.807, 2.05) is 0 Å². The van der Waals surface area contributed by atoms with Crippen molar-refractivity contribution < 1.29 is 18.3 Å². The van der Waals surface area contributed by atoms with E-state index in [0.717, 1.165) is 32.4 Å². The zero-order chi connectivity index (χ0) is 23.2. The molecule has 2 aromatic rings. The summed E-state index contributed by atoms with van der Waals surface area (Å²) in [7, 11) is 0. The van der Waals surface area contributed by atoms with Crippen LogP contribution in [0.2, 0.25) is 14.8 Å². The fourth-order valence-electron chi connectivity index (χ4n) is 5.46. The number of hydrogen-bond donors (Lipinski definition) is 0. The molecular weight excluding hydrogens is 535 g/mol. The van der Waals surface area contributed by atoms with Crippen molar-refractivity contribution in [1.29, 1.82) is 0 Å². The third-order valence-corrected chi connectivity index (χ3v) is 12.2. The number of ether oxygens (including phenoxy) is 2. The third-order valence-electron chi connectivity index (χ3n) is 7.11. The maximum atomic E-state index is 15.7. The summed E-state index contributed by atoms with van der Waals surface area (Å²) in [6.45, 7) is 4.38. The van der Waals surface area contributed by atoms with E-state index < -0.39 is 24.5 Å². The van der Waals surface area contributed by atoms with Crippen LogP contribution in [0.4, 0.5) is 14.6 Å². The van der Waals surface area contributed by atoms with Gasteiger partial charge in [0.1, 0.15) is 0 Å². The predicted molar refractivity (Wildman–Crippen MR) is 126 cm³/mol. The first-order chi connectivity index (χ1) is 15.8. The summed E-state index contributed by atoms with van der Waals surface area (Å²) in [5, 5.41) is 0.603. The van der Waals surface area contributed by atoms with Gasteiger partial charge in [0.25, 0.3) is 0 Å². The fraction of sp³-hybridized carbons (Fsp3) is 0.696. The fourth-order valence-corrected chi connectivity index (χ4v) is 8.96. The van der Waals surface area contributed by atoms with Crippen LogP contribution in [0.3, 0.4) is 0 Å². The Morgan fingerprint density at radius 3 is 2.85 bits per heavy atom. The standard InChI is InChI=1S/C20H24F2N5O2.3CH3.Sn/c21-14-9-20(3-1-5-27(20)12-14)13-29-19-24-17-15(10-23-11-16(17)22)18(25-19)26-4-2-7-28-8-6-26;;;;/h10,14H,1-9,12-13H2;3*1H3;/t14-,20+;;;;/m1..../s1. The Morgan fingerprint density at radius 1 is 1.18 bits per heavy atom. The van der Waals surface area contributed by atoms with Crippen molar-refractivity contribution in [1.82, 2.24) is 19.9 Å². The summed E-state index contributed by atoms with van der Waals surface area (Å²) in [5.74, 6) is 0.291. The van der Waals surface area contributed by atoms with Crippen LogP contribution in [-0.2, 0) is 4.74 Å². The Hall–Kier alpha value is -1.33. The Balaban J connectivity index is 1.54. The number of halogens is 2. The number of nitrogens with zero attached hydrogens (tertiary/aromatic N) is 5. The second kappa shape index (κ2) is 9.03. The van der Waals surface area contributed by atoms with E-state index in [4.69, 9.17) is 14.5 Å². The van der Waals surface area contributed by atoms with Crippen LogP contribution in [0.5, 0.6) is 6.01 Å². The molecule has 10 heteroatoms. The zero-order valence-corrected chi connectivity index (χ0v) is 22.6. The quantitative estimate of drug-likeness (QED) is 0.515. The third kappa shape index (κ3) is 4.52. The average Bonchev–Trinajstić information content (AvgIpc) is 3.13. The van der Waals surface area contributed by atoms with Gasteiger partial charge in [-0.05, 0) is 0 Å². The molecule has 180 valence electrons. The van der Waals surface area contributed by atoms with Gasteiger partial charge in [0, 0.05) is 0 Å². The van der Waals surface area contributed by atoms with E-state index in [0.29, 0.717) is 54.2 Å². The Kier molecular flexibility index (Phi) is 6.41. The summed E-state index contributed by atoms with van der Waals surface area (Å²) >= 11 is -2.80. The number of hydrogen-bond acceptors (Lipinski definition) is 7. The molecule has 33 heavy (non-hydrogen) atoms. The first-order valence-corrected chi connectivity index (χ1v) is 22.0. The van der Waals surface area contributed by atoms with Crippen molar-refractivity contribution in [2.75, 3.05) is 50.9 Å². The second-order valence-corrected chi connectivity index (χ2v) is 24.8. The normalized spacial score (nSPS) is 26.6. The Morgan fingerprint density at radius 2 is 2.03 bits per heavy atom.